The number of carbonyl (C=O) groups is 1. The third-order valence-electron chi connectivity index (χ3n) is 1.66. The van der Waals surface area contributed by atoms with E-state index in [1.165, 1.54) is 0 Å². The number of hydrogen-bond acceptors (Lipinski definition) is 1. The van der Waals surface area contributed by atoms with Crippen molar-refractivity contribution in [1.82, 2.24) is 0 Å². The van der Waals surface area contributed by atoms with Crippen molar-refractivity contribution < 1.29 is 9.90 Å². The maximum Gasteiger partial charge on any atom is 0.335 e. The van der Waals surface area contributed by atoms with Crippen LogP contribution in [0.5, 0.6) is 0 Å². The van der Waals surface area contributed by atoms with Gasteiger partial charge >= 0.3 is 5.97 Å². The molecule has 0 bridgehead atoms. The number of aliphatic carboxylic acids is 1. The molecule has 1 aliphatic carbocycles. The molecule has 1 N–H and O–H groups in total. The van der Waals surface area contributed by atoms with Gasteiger partial charge in [-0.3, -0.25) is 0 Å². The maximum absolute atomic E-state index is 10.5. The van der Waals surface area contributed by atoms with Crippen molar-refractivity contribution in [3.63, 3.8) is 0 Å². The van der Waals surface area contributed by atoms with Gasteiger partial charge in [0.15, 0.2) is 0 Å². The second kappa shape index (κ2) is 2.69. The Hall–Kier alpha value is -1.05. The van der Waals surface area contributed by atoms with Gasteiger partial charge in [-0.2, -0.15) is 0 Å². The number of allylic oxidation sites excluding steroid dienone is 2. The van der Waals surface area contributed by atoms with Crippen LogP contribution in [0.15, 0.2) is 23.3 Å². The van der Waals surface area contributed by atoms with Crippen molar-refractivity contribution in [1.29, 1.82) is 0 Å². The van der Waals surface area contributed by atoms with Crippen molar-refractivity contribution >= 4 is 5.97 Å². The molecule has 2 nitrogen and oxygen atoms in total. The molecule has 0 fully saturated rings. The average Bonchev–Trinajstić information content (AvgIpc) is 1.88. The smallest absolute Gasteiger partial charge is 0.335 e. The fourth-order valence-electron chi connectivity index (χ4n) is 1.03. The molecule has 0 saturated carbocycles. The Balaban J connectivity index is 2.90. The highest BCUT2D eigenvalue weighted by Gasteiger charge is 2.09. The fourth-order valence-corrected chi connectivity index (χ4v) is 1.03. The molecule has 1 rings (SSSR count). The van der Waals surface area contributed by atoms with Gasteiger partial charge in [-0.15, -0.1) is 0 Å². The summed E-state index contributed by atoms with van der Waals surface area (Å²) in [7, 11) is 0. The lowest BCUT2D eigenvalue weighted by atomic mass is 9.99. The molecule has 0 saturated heterocycles. The standard InChI is InChI=1S/C8H10O2/c1-6-4-2-3-5-7(6)8(9)10/h3,5H,2,4H2,1H3,(H,9,10). The zero-order valence-corrected chi connectivity index (χ0v) is 5.92. The lowest BCUT2D eigenvalue weighted by molar-refractivity contribution is -0.132. The Morgan fingerprint density at radius 2 is 2.40 bits per heavy atom. The normalized spacial score (nSPS) is 17.7. The summed E-state index contributed by atoms with van der Waals surface area (Å²) in [5.74, 6) is -0.812. The zero-order valence-electron chi connectivity index (χ0n) is 5.92. The summed E-state index contributed by atoms with van der Waals surface area (Å²) in [5.41, 5.74) is 1.45. The Bertz CT molecular complexity index is 211. The van der Waals surface area contributed by atoms with Crippen molar-refractivity contribution in [2.24, 2.45) is 0 Å². The zero-order chi connectivity index (χ0) is 7.56. The molecule has 0 aliphatic heterocycles. The summed E-state index contributed by atoms with van der Waals surface area (Å²) in [6.07, 6.45) is 5.44. The summed E-state index contributed by atoms with van der Waals surface area (Å²) < 4.78 is 0. The molecule has 0 atom stereocenters. The van der Waals surface area contributed by atoms with E-state index in [-0.39, 0.29) is 0 Å². The lowest BCUT2D eigenvalue weighted by Gasteiger charge is -2.06. The quantitative estimate of drug-likeness (QED) is 0.599. The first-order chi connectivity index (χ1) is 4.72. The van der Waals surface area contributed by atoms with Crippen LogP contribution in [0.4, 0.5) is 0 Å². The Labute approximate surface area is 59.9 Å². The van der Waals surface area contributed by atoms with Crippen molar-refractivity contribution in [3.8, 4) is 0 Å². The topological polar surface area (TPSA) is 37.3 Å². The second-order valence-corrected chi connectivity index (χ2v) is 2.44. The van der Waals surface area contributed by atoms with Crippen LogP contribution >= 0.6 is 0 Å². The van der Waals surface area contributed by atoms with Gasteiger partial charge < -0.3 is 5.11 Å². The summed E-state index contributed by atoms with van der Waals surface area (Å²) >= 11 is 0. The molecule has 0 radical (unpaired) electrons. The second-order valence-electron chi connectivity index (χ2n) is 2.44. The first kappa shape index (κ1) is 7.06. The van der Waals surface area contributed by atoms with Gasteiger partial charge in [0.05, 0.1) is 5.57 Å². The molecule has 0 aromatic carbocycles. The van der Waals surface area contributed by atoms with E-state index in [1.54, 1.807) is 6.08 Å². The van der Waals surface area contributed by atoms with Crippen molar-refractivity contribution in [2.75, 3.05) is 0 Å². The molecule has 10 heavy (non-hydrogen) atoms. The van der Waals surface area contributed by atoms with Gasteiger partial charge in [-0.1, -0.05) is 17.7 Å². The summed E-state index contributed by atoms with van der Waals surface area (Å²) in [6, 6.07) is 0. The first-order valence-electron chi connectivity index (χ1n) is 3.31. The molecule has 0 aromatic heterocycles. The molecule has 0 spiro atoms. The van der Waals surface area contributed by atoms with Gasteiger partial charge in [0.2, 0.25) is 0 Å². The number of carboxylic acids is 1. The van der Waals surface area contributed by atoms with E-state index in [1.807, 2.05) is 13.0 Å². The Kier molecular flexibility index (Phi) is 1.90. The summed E-state index contributed by atoms with van der Waals surface area (Å²) in [4.78, 5) is 10.5. The first-order valence-corrected chi connectivity index (χ1v) is 3.31. The number of rotatable bonds is 1. The summed E-state index contributed by atoms with van der Waals surface area (Å²) in [6.45, 7) is 1.87. The third kappa shape index (κ3) is 1.26. The van der Waals surface area contributed by atoms with E-state index in [0.717, 1.165) is 18.4 Å². The van der Waals surface area contributed by atoms with Crippen LogP contribution < -0.4 is 0 Å². The molecule has 0 heterocycles. The Morgan fingerprint density at radius 1 is 1.70 bits per heavy atom. The largest absolute Gasteiger partial charge is 0.478 e. The molecular weight excluding hydrogens is 128 g/mol. The van der Waals surface area contributed by atoms with Crippen molar-refractivity contribution in [2.45, 2.75) is 19.8 Å². The minimum atomic E-state index is -0.812. The van der Waals surface area contributed by atoms with E-state index in [9.17, 15) is 4.79 Å². The predicted molar refractivity (Wildman–Crippen MR) is 38.7 cm³/mol. The molecular formula is C8H10O2. The molecule has 1 aliphatic rings. The fraction of sp³-hybridized carbons (Fsp3) is 0.375. The van der Waals surface area contributed by atoms with E-state index in [4.69, 9.17) is 5.11 Å². The third-order valence-corrected chi connectivity index (χ3v) is 1.66. The van der Waals surface area contributed by atoms with E-state index >= 15 is 0 Å². The van der Waals surface area contributed by atoms with Gasteiger partial charge in [0.25, 0.3) is 0 Å². The van der Waals surface area contributed by atoms with Gasteiger partial charge in [0, 0.05) is 0 Å². The van der Waals surface area contributed by atoms with Gasteiger partial charge in [0.1, 0.15) is 0 Å². The van der Waals surface area contributed by atoms with Crippen LogP contribution in [0.25, 0.3) is 0 Å². The van der Waals surface area contributed by atoms with E-state index in [0.29, 0.717) is 5.57 Å². The summed E-state index contributed by atoms with van der Waals surface area (Å²) in [5, 5.41) is 8.60. The number of hydrogen-bond donors (Lipinski definition) is 1. The Morgan fingerprint density at radius 3 is 2.80 bits per heavy atom. The number of carboxylic acid groups (broad SMARTS) is 1. The monoisotopic (exact) mass is 138 g/mol. The minimum absolute atomic E-state index is 0.464. The predicted octanol–water partition coefficient (Wildman–Crippen LogP) is 1.74. The highest BCUT2D eigenvalue weighted by Crippen LogP contribution is 2.17. The molecule has 54 valence electrons. The van der Waals surface area contributed by atoms with Crippen LogP contribution in [-0.4, -0.2) is 11.1 Å². The highest BCUT2D eigenvalue weighted by molar-refractivity contribution is 5.90. The minimum Gasteiger partial charge on any atom is -0.478 e. The van der Waals surface area contributed by atoms with Gasteiger partial charge in [-0.25, -0.2) is 4.79 Å². The molecule has 2 heteroatoms. The molecule has 0 aromatic rings. The van der Waals surface area contributed by atoms with E-state index < -0.39 is 5.97 Å². The van der Waals surface area contributed by atoms with Crippen molar-refractivity contribution in [3.05, 3.63) is 23.3 Å². The van der Waals surface area contributed by atoms with Gasteiger partial charge in [-0.05, 0) is 19.8 Å². The maximum atomic E-state index is 10.5. The van der Waals surface area contributed by atoms with Crippen LogP contribution in [0, 0.1) is 0 Å². The lowest BCUT2D eigenvalue weighted by Crippen LogP contribution is -2.03. The molecule has 0 amide bonds. The molecule has 0 unspecified atom stereocenters. The highest BCUT2D eigenvalue weighted by atomic mass is 16.4. The SMILES string of the molecule is CC1=C(C(=O)O)C=CCC1. The average molecular weight is 138 g/mol. The van der Waals surface area contributed by atoms with Crippen LogP contribution in [-0.2, 0) is 4.79 Å². The van der Waals surface area contributed by atoms with Crippen LogP contribution in [0.3, 0.4) is 0 Å². The van der Waals surface area contributed by atoms with Crippen LogP contribution in [0.1, 0.15) is 19.8 Å². The van der Waals surface area contributed by atoms with E-state index in [2.05, 4.69) is 0 Å². The van der Waals surface area contributed by atoms with Crippen LogP contribution in [0.2, 0.25) is 0 Å².